The predicted molar refractivity (Wildman–Crippen MR) is 81.4 cm³/mol. The molecule has 2 rings (SSSR count). The molecule has 2 aromatic carbocycles. The predicted octanol–water partition coefficient (Wildman–Crippen LogP) is 4.61. The van der Waals surface area contributed by atoms with Crippen LogP contribution in [0.3, 0.4) is 0 Å². The van der Waals surface area contributed by atoms with Crippen LogP contribution < -0.4 is 0 Å². The Morgan fingerprint density at radius 3 is 1.75 bits per heavy atom. The number of hydrogen-bond acceptors (Lipinski definition) is 1. The number of nitriles is 1. The molecule has 0 bridgehead atoms. The van der Waals surface area contributed by atoms with E-state index in [4.69, 9.17) is 6.57 Å². The molecule has 0 aliphatic rings. The molecule has 96 valence electrons. The molecule has 0 amide bonds. The van der Waals surface area contributed by atoms with Gasteiger partial charge in [0, 0.05) is 0 Å². The van der Waals surface area contributed by atoms with E-state index < -0.39 is 0 Å². The average molecular weight is 258 g/mol. The second kappa shape index (κ2) is 5.87. The third kappa shape index (κ3) is 2.76. The van der Waals surface area contributed by atoms with E-state index in [0.717, 1.165) is 22.3 Å². The van der Waals surface area contributed by atoms with E-state index in [0.29, 0.717) is 11.3 Å². The van der Waals surface area contributed by atoms with Crippen LogP contribution in [-0.4, -0.2) is 0 Å². The maximum Gasteiger partial charge on any atom is 0.212 e. The Balaban J connectivity index is 2.60. The van der Waals surface area contributed by atoms with Gasteiger partial charge in [-0.3, -0.25) is 0 Å². The maximum absolute atomic E-state index is 9.41. The highest BCUT2D eigenvalue weighted by molar-refractivity contribution is 5.99. The van der Waals surface area contributed by atoms with E-state index in [-0.39, 0.29) is 0 Å². The van der Waals surface area contributed by atoms with E-state index in [9.17, 15) is 5.26 Å². The van der Waals surface area contributed by atoms with Gasteiger partial charge in [0.15, 0.2) is 0 Å². The lowest BCUT2D eigenvalue weighted by Crippen LogP contribution is -1.88. The topological polar surface area (TPSA) is 28.1 Å². The molecule has 0 aromatic heterocycles. The zero-order valence-electron chi connectivity index (χ0n) is 11.5. The van der Waals surface area contributed by atoms with E-state index in [1.807, 2.05) is 62.4 Å². The van der Waals surface area contributed by atoms with Gasteiger partial charge >= 0.3 is 0 Å². The summed E-state index contributed by atoms with van der Waals surface area (Å²) >= 11 is 0. The number of rotatable bonds is 2. The Morgan fingerprint density at radius 2 is 1.35 bits per heavy atom. The minimum absolute atomic E-state index is 0.399. The van der Waals surface area contributed by atoms with Gasteiger partial charge in [-0.15, -0.1) is 0 Å². The molecule has 0 N–H and O–H groups in total. The molecule has 2 heteroatoms. The Kier molecular flexibility index (Phi) is 3.99. The standard InChI is InChI=1S/C18H14N2/c1-13-4-8-15(9-5-13)17(12-19)18(20-3)16-10-6-14(2)7-11-16/h4-11H,1-2H3/b18-17+. The molecule has 0 spiro atoms. The molecule has 2 nitrogen and oxygen atoms in total. The van der Waals surface area contributed by atoms with Gasteiger partial charge in [0.2, 0.25) is 5.70 Å². The van der Waals surface area contributed by atoms with Gasteiger partial charge in [0.1, 0.15) is 0 Å². The van der Waals surface area contributed by atoms with Crippen LogP contribution >= 0.6 is 0 Å². The highest BCUT2D eigenvalue weighted by Crippen LogP contribution is 2.27. The largest absolute Gasteiger partial charge is 0.236 e. The van der Waals surface area contributed by atoms with Crippen LogP contribution in [0.5, 0.6) is 0 Å². The van der Waals surface area contributed by atoms with Gasteiger partial charge in [0.25, 0.3) is 0 Å². The quantitative estimate of drug-likeness (QED) is 0.439. The van der Waals surface area contributed by atoms with Gasteiger partial charge < -0.3 is 0 Å². The van der Waals surface area contributed by atoms with Crippen LogP contribution in [0.4, 0.5) is 0 Å². The Bertz CT molecular complexity index is 655. The number of nitrogens with zero attached hydrogens (tertiary/aromatic N) is 2. The van der Waals surface area contributed by atoms with E-state index in [1.165, 1.54) is 0 Å². The molecule has 0 unspecified atom stereocenters. The first kappa shape index (κ1) is 13.6. The van der Waals surface area contributed by atoms with Crippen molar-refractivity contribution >= 4 is 11.3 Å². The van der Waals surface area contributed by atoms with Crippen LogP contribution in [0.15, 0.2) is 48.5 Å². The summed E-state index contributed by atoms with van der Waals surface area (Å²) in [5.74, 6) is 0. The van der Waals surface area contributed by atoms with Crippen LogP contribution in [0.25, 0.3) is 16.1 Å². The molecular weight excluding hydrogens is 244 g/mol. The summed E-state index contributed by atoms with van der Waals surface area (Å²) < 4.78 is 0. The van der Waals surface area contributed by atoms with E-state index in [1.54, 1.807) is 0 Å². The highest BCUT2D eigenvalue weighted by Gasteiger charge is 2.11. The van der Waals surface area contributed by atoms with Crippen molar-refractivity contribution in [2.24, 2.45) is 0 Å². The van der Waals surface area contributed by atoms with Gasteiger partial charge in [-0.25, -0.2) is 4.85 Å². The normalized spacial score (nSPS) is 11.2. The fourth-order valence-electron chi connectivity index (χ4n) is 1.95. The lowest BCUT2D eigenvalue weighted by atomic mass is 9.99. The molecule has 0 saturated carbocycles. The van der Waals surface area contributed by atoms with Crippen molar-refractivity contribution in [3.8, 4) is 6.07 Å². The van der Waals surface area contributed by atoms with Crippen LogP contribution in [-0.2, 0) is 0 Å². The molecule has 0 aliphatic heterocycles. The summed E-state index contributed by atoms with van der Waals surface area (Å²) in [6, 6.07) is 17.5. The molecule has 0 heterocycles. The smallest absolute Gasteiger partial charge is 0.212 e. The summed E-state index contributed by atoms with van der Waals surface area (Å²) in [6.45, 7) is 11.4. The molecule has 0 fully saturated rings. The van der Waals surface area contributed by atoms with Crippen molar-refractivity contribution in [1.29, 1.82) is 5.26 Å². The zero-order chi connectivity index (χ0) is 14.5. The fourth-order valence-corrected chi connectivity index (χ4v) is 1.95. The van der Waals surface area contributed by atoms with Gasteiger partial charge in [-0.2, -0.15) is 5.26 Å². The highest BCUT2D eigenvalue weighted by atomic mass is 14.7. The van der Waals surface area contributed by atoms with Crippen molar-refractivity contribution in [3.63, 3.8) is 0 Å². The van der Waals surface area contributed by atoms with Gasteiger partial charge in [-0.05, 0) is 25.0 Å². The third-order valence-corrected chi connectivity index (χ3v) is 3.13. The fraction of sp³-hybridized carbons (Fsp3) is 0.111. The number of hydrogen-bond donors (Lipinski definition) is 0. The molecule has 0 atom stereocenters. The summed E-state index contributed by atoms with van der Waals surface area (Å²) in [6.07, 6.45) is 0. The molecule has 0 radical (unpaired) electrons. The molecule has 0 aliphatic carbocycles. The average Bonchev–Trinajstić information content (AvgIpc) is 2.47. The molecular formula is C18H14N2. The molecule has 0 saturated heterocycles. The van der Waals surface area contributed by atoms with Crippen molar-refractivity contribution in [2.75, 3.05) is 0 Å². The first-order chi connectivity index (χ1) is 9.65. The van der Waals surface area contributed by atoms with E-state index in [2.05, 4.69) is 10.9 Å². The van der Waals surface area contributed by atoms with Crippen molar-refractivity contribution in [1.82, 2.24) is 0 Å². The lowest BCUT2D eigenvalue weighted by Gasteiger charge is -2.05. The summed E-state index contributed by atoms with van der Waals surface area (Å²) in [4.78, 5) is 3.57. The van der Waals surface area contributed by atoms with Crippen LogP contribution in [0, 0.1) is 31.8 Å². The minimum atomic E-state index is 0.399. The molecule has 2 aromatic rings. The SMILES string of the molecule is [C-]#[N+]/C(=C(\C#N)c1ccc(C)cc1)c1ccc(C)cc1. The summed E-state index contributed by atoms with van der Waals surface area (Å²) in [7, 11) is 0. The number of benzene rings is 2. The van der Waals surface area contributed by atoms with Crippen molar-refractivity contribution < 1.29 is 0 Å². The minimum Gasteiger partial charge on any atom is -0.236 e. The van der Waals surface area contributed by atoms with E-state index >= 15 is 0 Å². The Morgan fingerprint density at radius 1 is 0.900 bits per heavy atom. The number of aryl methyl sites for hydroxylation is 2. The third-order valence-electron chi connectivity index (χ3n) is 3.13. The first-order valence-electron chi connectivity index (χ1n) is 6.31. The van der Waals surface area contributed by atoms with Gasteiger partial charge in [0.05, 0.1) is 18.2 Å². The van der Waals surface area contributed by atoms with Crippen LogP contribution in [0.1, 0.15) is 22.3 Å². The van der Waals surface area contributed by atoms with Gasteiger partial charge in [-0.1, -0.05) is 59.7 Å². The first-order valence-corrected chi connectivity index (χ1v) is 6.31. The Hall–Kier alpha value is -2.84. The second-order valence-electron chi connectivity index (χ2n) is 4.68. The summed E-state index contributed by atoms with van der Waals surface area (Å²) in [5.41, 5.74) is 4.64. The zero-order valence-corrected chi connectivity index (χ0v) is 11.5. The summed E-state index contributed by atoms with van der Waals surface area (Å²) in [5, 5.41) is 9.41. The lowest BCUT2D eigenvalue weighted by molar-refractivity contribution is 1.44. The van der Waals surface area contributed by atoms with Crippen molar-refractivity contribution in [3.05, 3.63) is 82.2 Å². The van der Waals surface area contributed by atoms with Crippen LogP contribution in [0.2, 0.25) is 0 Å². The number of allylic oxidation sites excluding steroid dienone is 1. The van der Waals surface area contributed by atoms with Crippen molar-refractivity contribution in [2.45, 2.75) is 13.8 Å². The second-order valence-corrected chi connectivity index (χ2v) is 4.68. The maximum atomic E-state index is 9.41. The molecule has 20 heavy (non-hydrogen) atoms. The monoisotopic (exact) mass is 258 g/mol. The Labute approximate surface area is 119 Å².